The van der Waals surface area contributed by atoms with E-state index in [9.17, 15) is 29.1 Å². The van der Waals surface area contributed by atoms with Crippen molar-refractivity contribution in [1.29, 1.82) is 0 Å². The minimum absolute atomic E-state index is 0.00263. The lowest BCUT2D eigenvalue weighted by Crippen LogP contribution is -2.50. The second kappa shape index (κ2) is 15.8. The summed E-state index contributed by atoms with van der Waals surface area (Å²) in [6, 6.07) is 0. The first kappa shape index (κ1) is 42.2. The molecule has 0 aromatic rings. The molecule has 7 aliphatic carbocycles. The average Bonchev–Trinajstić information content (AvgIpc) is 4.00. The van der Waals surface area contributed by atoms with Gasteiger partial charge in [0, 0.05) is 0 Å². The van der Waals surface area contributed by atoms with Gasteiger partial charge >= 0.3 is 29.8 Å². The van der Waals surface area contributed by atoms with Crippen molar-refractivity contribution < 1.29 is 48.0 Å². The lowest BCUT2D eigenvalue weighted by atomic mass is 9.53. The Hall–Kier alpha value is -2.49. The molecule has 10 heteroatoms. The van der Waals surface area contributed by atoms with E-state index in [1.54, 1.807) is 0 Å². The van der Waals surface area contributed by atoms with E-state index in [0.29, 0.717) is 41.4 Å². The van der Waals surface area contributed by atoms with Crippen LogP contribution >= 0.6 is 0 Å². The van der Waals surface area contributed by atoms with E-state index in [1.165, 1.54) is 0 Å². The van der Waals surface area contributed by atoms with Crippen molar-refractivity contribution in [2.75, 3.05) is 0 Å². The predicted octanol–water partition coefficient (Wildman–Crippen LogP) is 8.10. The highest BCUT2D eigenvalue weighted by Gasteiger charge is 2.69. The third-order valence-corrected chi connectivity index (χ3v) is 17.2. The second-order valence-electron chi connectivity index (χ2n) is 22.7. The van der Waals surface area contributed by atoms with E-state index in [2.05, 4.69) is 6.92 Å². The van der Waals surface area contributed by atoms with Gasteiger partial charge in [-0.2, -0.15) is 0 Å². The summed E-state index contributed by atoms with van der Waals surface area (Å²) in [7, 11) is 0. The number of hydrogen-bond donors (Lipinski definition) is 1. The number of fused-ring (bicyclic) bond motifs is 6. The van der Waals surface area contributed by atoms with Crippen molar-refractivity contribution in [3.05, 3.63) is 0 Å². The number of esters is 5. The molecule has 1 saturated heterocycles. The number of cyclic esters (lactones) is 2. The van der Waals surface area contributed by atoms with Crippen LogP contribution < -0.4 is 0 Å². The van der Waals surface area contributed by atoms with Crippen LogP contribution in [0.2, 0.25) is 0 Å². The Labute approximate surface area is 346 Å². The van der Waals surface area contributed by atoms with Crippen LogP contribution in [0.1, 0.15) is 145 Å². The first-order chi connectivity index (χ1) is 27.3. The van der Waals surface area contributed by atoms with Crippen LogP contribution in [0.25, 0.3) is 0 Å². The molecular weight excluding hydrogens is 737 g/mol. The molecular formula is C48H72O10. The van der Waals surface area contributed by atoms with Gasteiger partial charge in [0.25, 0.3) is 0 Å². The molecule has 1 aliphatic heterocycles. The van der Waals surface area contributed by atoms with Crippen molar-refractivity contribution in [3.63, 3.8) is 0 Å². The number of hydrogen-bond acceptors (Lipinski definition) is 10. The maximum Gasteiger partial charge on any atom is 0.317 e. The first-order valence-electron chi connectivity index (χ1n) is 23.4. The minimum atomic E-state index is -0.766. The highest BCUT2D eigenvalue weighted by molar-refractivity contribution is 5.96. The fraction of sp³-hybridized carbons (Fsp3) is 0.896. The fourth-order valence-corrected chi connectivity index (χ4v) is 15.5. The van der Waals surface area contributed by atoms with Crippen LogP contribution in [0.3, 0.4) is 0 Å². The molecule has 6 bridgehead atoms. The van der Waals surface area contributed by atoms with Crippen LogP contribution in [0, 0.1) is 101 Å². The summed E-state index contributed by atoms with van der Waals surface area (Å²) in [6.45, 7) is 15.5. The Morgan fingerprint density at radius 2 is 1.22 bits per heavy atom. The normalized spacial score (nSPS) is 43.1. The van der Waals surface area contributed by atoms with Gasteiger partial charge in [0.05, 0.1) is 36.7 Å². The molecule has 18 unspecified atom stereocenters. The van der Waals surface area contributed by atoms with E-state index in [-0.39, 0.29) is 84.1 Å². The summed E-state index contributed by atoms with van der Waals surface area (Å²) in [5, 5.41) is 11.7. The highest BCUT2D eigenvalue weighted by Crippen LogP contribution is 2.72. The summed E-state index contributed by atoms with van der Waals surface area (Å²) >= 11 is 0. The zero-order valence-electron chi connectivity index (χ0n) is 36.5. The van der Waals surface area contributed by atoms with Gasteiger partial charge < -0.3 is 24.1 Å². The maximum absolute atomic E-state index is 14.0. The number of rotatable bonds is 11. The molecule has 0 amide bonds. The molecule has 58 heavy (non-hydrogen) atoms. The van der Waals surface area contributed by atoms with E-state index in [1.807, 2.05) is 48.5 Å². The molecule has 1 heterocycles. The van der Waals surface area contributed by atoms with E-state index in [4.69, 9.17) is 18.9 Å². The topological polar surface area (TPSA) is 142 Å². The molecule has 0 radical (unpaired) electrons. The average molecular weight is 809 g/mol. The minimum Gasteiger partial charge on any atom is -0.461 e. The third-order valence-electron chi connectivity index (χ3n) is 17.2. The molecule has 18 atom stereocenters. The maximum atomic E-state index is 14.0. The number of aliphatic hydroxyl groups is 1. The van der Waals surface area contributed by atoms with Crippen LogP contribution in [0.5, 0.6) is 0 Å². The summed E-state index contributed by atoms with van der Waals surface area (Å²) in [6.07, 6.45) is 10.5. The first-order valence-corrected chi connectivity index (χ1v) is 23.4. The van der Waals surface area contributed by atoms with Crippen LogP contribution in [0.15, 0.2) is 0 Å². The van der Waals surface area contributed by atoms with Gasteiger partial charge in [-0.15, -0.1) is 0 Å². The summed E-state index contributed by atoms with van der Waals surface area (Å²) in [4.78, 5) is 67.2. The predicted molar refractivity (Wildman–Crippen MR) is 214 cm³/mol. The van der Waals surface area contributed by atoms with Gasteiger partial charge in [-0.3, -0.25) is 24.0 Å². The van der Waals surface area contributed by atoms with Gasteiger partial charge in [-0.25, -0.2) is 0 Å². The largest absolute Gasteiger partial charge is 0.461 e. The van der Waals surface area contributed by atoms with Crippen LogP contribution in [-0.4, -0.2) is 58.4 Å². The van der Waals surface area contributed by atoms with Gasteiger partial charge in [0.15, 0.2) is 0 Å². The van der Waals surface area contributed by atoms with Gasteiger partial charge in [-0.1, -0.05) is 33.1 Å². The number of ether oxygens (including phenoxy) is 4. The van der Waals surface area contributed by atoms with Gasteiger partial charge in [-0.05, 0) is 182 Å². The fourth-order valence-electron chi connectivity index (χ4n) is 15.5. The number of carbonyl (C=O) groups excluding carboxylic acids is 5. The molecule has 8 fully saturated rings. The molecule has 0 spiro atoms. The van der Waals surface area contributed by atoms with Crippen molar-refractivity contribution in [2.45, 2.75) is 169 Å². The number of aliphatic hydroxyl groups excluding tert-OH is 1. The van der Waals surface area contributed by atoms with Gasteiger partial charge in [0.2, 0.25) is 0 Å². The molecule has 0 aromatic heterocycles. The Balaban J connectivity index is 1.14. The van der Waals surface area contributed by atoms with Crippen molar-refractivity contribution in [2.24, 2.45) is 101 Å². The lowest BCUT2D eigenvalue weighted by Gasteiger charge is -2.52. The van der Waals surface area contributed by atoms with E-state index < -0.39 is 41.2 Å². The van der Waals surface area contributed by atoms with Crippen LogP contribution in [0.4, 0.5) is 0 Å². The van der Waals surface area contributed by atoms with Crippen molar-refractivity contribution in [3.8, 4) is 0 Å². The standard InChI is InChI=1S/C48H72O10/c1-23-28-17-30(34(49)21-36(50)57-47(3,4)5)32(18-28)38(23)42-29-19-31(35(22-37(51)58-48(6,7)8)55-45(53)25-12-10-9-11-13-25)33(20-29)43(42)41-27-15-14-26(16-27)40(41)39-24(2)44(52)56-46(39)54/h23-35,38-43,49H,9-22H2,1-8H3. The molecule has 8 aliphatic rings. The Bertz CT molecular complexity index is 1600. The van der Waals surface area contributed by atoms with E-state index >= 15 is 0 Å². The third kappa shape index (κ3) is 7.92. The zero-order valence-corrected chi connectivity index (χ0v) is 36.5. The zero-order chi connectivity index (χ0) is 41.6. The van der Waals surface area contributed by atoms with Gasteiger partial charge in [0.1, 0.15) is 17.3 Å². The van der Waals surface area contributed by atoms with Crippen LogP contribution in [-0.2, 0) is 42.9 Å². The molecule has 10 nitrogen and oxygen atoms in total. The monoisotopic (exact) mass is 809 g/mol. The molecule has 324 valence electrons. The summed E-state index contributed by atoms with van der Waals surface area (Å²) in [5.74, 6) is 1.03. The molecule has 1 N–H and O–H groups in total. The lowest BCUT2D eigenvalue weighted by molar-refractivity contribution is -0.170. The smallest absolute Gasteiger partial charge is 0.317 e. The molecule has 0 aromatic carbocycles. The van der Waals surface area contributed by atoms with E-state index in [0.717, 1.165) is 77.0 Å². The highest BCUT2D eigenvalue weighted by atomic mass is 16.6. The Morgan fingerprint density at radius 3 is 1.83 bits per heavy atom. The Kier molecular flexibility index (Phi) is 11.5. The second-order valence-corrected chi connectivity index (χ2v) is 22.7. The molecule has 8 rings (SSSR count). The van der Waals surface area contributed by atoms with Crippen molar-refractivity contribution >= 4 is 29.8 Å². The van der Waals surface area contributed by atoms with Crippen molar-refractivity contribution in [1.82, 2.24) is 0 Å². The number of carbonyl (C=O) groups is 5. The summed E-state index contributed by atoms with van der Waals surface area (Å²) in [5.41, 5.74) is -1.29. The summed E-state index contributed by atoms with van der Waals surface area (Å²) < 4.78 is 23.5. The SMILES string of the molecule is CC1C(=O)OC(=O)C1C1C2CCC(C2)C1C1C2CC(CC2C(CC(=O)OC(C)(C)C)OC(=O)C2CCCCC2)C1C1C(C)C2CC(C(O)CC(=O)OC(C)(C)C)C1C2. The quantitative estimate of drug-likeness (QED) is 0.124. The Morgan fingerprint density at radius 1 is 0.655 bits per heavy atom. The molecule has 7 saturated carbocycles.